The molecule has 0 aromatic heterocycles. The van der Waals surface area contributed by atoms with Crippen LogP contribution in [0.5, 0.6) is 0 Å². The molecular formula is C13H16N4O2. The number of ether oxygens (including phenoxy) is 1. The summed E-state index contributed by atoms with van der Waals surface area (Å²) in [6.45, 7) is 1.66. The van der Waals surface area contributed by atoms with Crippen LogP contribution < -0.4 is 16.0 Å². The van der Waals surface area contributed by atoms with Crippen LogP contribution in [0.4, 0.5) is 11.4 Å². The summed E-state index contributed by atoms with van der Waals surface area (Å²) in [5.41, 5.74) is 7.87. The van der Waals surface area contributed by atoms with Crippen molar-refractivity contribution in [2.24, 2.45) is 0 Å². The minimum absolute atomic E-state index is 0.171. The highest BCUT2D eigenvalue weighted by Gasteiger charge is 2.21. The van der Waals surface area contributed by atoms with Crippen molar-refractivity contribution in [1.29, 1.82) is 5.26 Å². The van der Waals surface area contributed by atoms with Gasteiger partial charge in [0.15, 0.2) is 6.10 Å². The highest BCUT2D eigenvalue weighted by Crippen LogP contribution is 2.26. The molecule has 6 nitrogen and oxygen atoms in total. The second kappa shape index (κ2) is 5.59. The monoisotopic (exact) mass is 260 g/mol. The van der Waals surface area contributed by atoms with Gasteiger partial charge in [0, 0.05) is 19.2 Å². The molecule has 100 valence electrons. The van der Waals surface area contributed by atoms with Gasteiger partial charge in [-0.3, -0.25) is 4.79 Å². The zero-order valence-electron chi connectivity index (χ0n) is 10.7. The van der Waals surface area contributed by atoms with Crippen LogP contribution in [0.25, 0.3) is 0 Å². The number of nitrogens with one attached hydrogen (secondary N) is 1. The lowest BCUT2D eigenvalue weighted by atomic mass is 10.1. The molecule has 1 saturated heterocycles. The maximum absolute atomic E-state index is 11.5. The Bertz CT molecular complexity index is 524. The van der Waals surface area contributed by atoms with Crippen molar-refractivity contribution < 1.29 is 9.53 Å². The standard InChI is InChI=1S/C13H16N4O2/c1-16-13(18)9-2-3-12(11(15)6-9)17-4-5-19-10(7-14)8-17/h2-3,6,10H,4-5,8,15H2,1H3,(H,16,18). The first-order chi connectivity index (χ1) is 9.15. The molecule has 1 aromatic carbocycles. The molecule has 1 heterocycles. The number of hydrogen-bond donors (Lipinski definition) is 2. The topological polar surface area (TPSA) is 91.4 Å². The SMILES string of the molecule is CNC(=O)c1ccc(N2CCOC(C#N)C2)c(N)c1. The quantitative estimate of drug-likeness (QED) is 0.749. The van der Waals surface area contributed by atoms with E-state index >= 15 is 0 Å². The molecule has 1 atom stereocenters. The third kappa shape index (κ3) is 2.77. The van der Waals surface area contributed by atoms with E-state index in [2.05, 4.69) is 11.4 Å². The second-order valence-corrected chi connectivity index (χ2v) is 4.29. The number of nitrogens with zero attached hydrogens (tertiary/aromatic N) is 2. The average Bonchev–Trinajstić information content (AvgIpc) is 2.46. The van der Waals surface area contributed by atoms with Crippen LogP contribution in [0.3, 0.4) is 0 Å². The molecule has 1 fully saturated rings. The van der Waals surface area contributed by atoms with E-state index in [1.165, 1.54) is 0 Å². The van der Waals surface area contributed by atoms with Crippen LogP contribution >= 0.6 is 0 Å². The Morgan fingerprint density at radius 1 is 1.63 bits per heavy atom. The number of benzene rings is 1. The Labute approximate surface area is 111 Å². The Balaban J connectivity index is 2.21. The van der Waals surface area contributed by atoms with E-state index in [-0.39, 0.29) is 5.91 Å². The fourth-order valence-electron chi connectivity index (χ4n) is 2.07. The minimum atomic E-state index is -0.438. The lowest BCUT2D eigenvalue weighted by molar-refractivity contribution is 0.0765. The number of rotatable bonds is 2. The van der Waals surface area contributed by atoms with Gasteiger partial charge < -0.3 is 20.7 Å². The predicted molar refractivity (Wildman–Crippen MR) is 71.8 cm³/mol. The molecule has 0 bridgehead atoms. The summed E-state index contributed by atoms with van der Waals surface area (Å²) in [6, 6.07) is 7.27. The zero-order valence-corrected chi connectivity index (χ0v) is 10.7. The Morgan fingerprint density at radius 2 is 2.42 bits per heavy atom. The van der Waals surface area contributed by atoms with E-state index in [1.807, 2.05) is 4.90 Å². The van der Waals surface area contributed by atoms with Gasteiger partial charge in [0.2, 0.25) is 0 Å². The number of hydrogen-bond acceptors (Lipinski definition) is 5. The summed E-state index contributed by atoms with van der Waals surface area (Å²) < 4.78 is 5.29. The first kappa shape index (κ1) is 13.2. The normalized spacial score (nSPS) is 18.7. The van der Waals surface area contributed by atoms with Gasteiger partial charge in [-0.05, 0) is 18.2 Å². The van der Waals surface area contributed by atoms with Crippen molar-refractivity contribution >= 4 is 17.3 Å². The number of carbonyl (C=O) groups excluding carboxylic acids is 1. The van der Waals surface area contributed by atoms with Crippen molar-refractivity contribution in [3.63, 3.8) is 0 Å². The summed E-state index contributed by atoms with van der Waals surface area (Å²) >= 11 is 0. The Kier molecular flexibility index (Phi) is 3.88. The summed E-state index contributed by atoms with van der Waals surface area (Å²) in [5.74, 6) is -0.171. The summed E-state index contributed by atoms with van der Waals surface area (Å²) in [5, 5.41) is 11.4. The number of anilines is 2. The van der Waals surface area contributed by atoms with Gasteiger partial charge in [-0.25, -0.2) is 0 Å². The first-order valence-corrected chi connectivity index (χ1v) is 6.03. The summed E-state index contributed by atoms with van der Waals surface area (Å²) in [7, 11) is 1.58. The molecule has 0 spiro atoms. The molecule has 1 amide bonds. The molecule has 0 aliphatic carbocycles. The maximum Gasteiger partial charge on any atom is 0.251 e. The predicted octanol–water partition coefficient (Wildman–Crippen LogP) is 0.357. The fourth-order valence-corrected chi connectivity index (χ4v) is 2.07. The molecule has 1 aliphatic heterocycles. The van der Waals surface area contributed by atoms with E-state index in [0.29, 0.717) is 30.9 Å². The lowest BCUT2D eigenvalue weighted by Crippen LogP contribution is -2.42. The molecular weight excluding hydrogens is 244 g/mol. The summed E-state index contributed by atoms with van der Waals surface area (Å²) in [4.78, 5) is 13.5. The molecule has 19 heavy (non-hydrogen) atoms. The van der Waals surface area contributed by atoms with E-state index in [4.69, 9.17) is 15.7 Å². The van der Waals surface area contributed by atoms with Crippen LogP contribution in [0.2, 0.25) is 0 Å². The van der Waals surface area contributed by atoms with Gasteiger partial charge in [-0.1, -0.05) is 0 Å². The maximum atomic E-state index is 11.5. The fraction of sp³-hybridized carbons (Fsp3) is 0.385. The van der Waals surface area contributed by atoms with Crippen LogP contribution in [-0.2, 0) is 4.74 Å². The Hall–Kier alpha value is -2.26. The van der Waals surface area contributed by atoms with Crippen molar-refractivity contribution in [2.45, 2.75) is 6.10 Å². The molecule has 1 aliphatic rings. The van der Waals surface area contributed by atoms with Crippen molar-refractivity contribution in [1.82, 2.24) is 5.32 Å². The number of morpholine rings is 1. The second-order valence-electron chi connectivity index (χ2n) is 4.29. The van der Waals surface area contributed by atoms with Crippen molar-refractivity contribution in [2.75, 3.05) is 37.4 Å². The number of amides is 1. The lowest BCUT2D eigenvalue weighted by Gasteiger charge is -2.32. The third-order valence-electron chi connectivity index (χ3n) is 3.07. The van der Waals surface area contributed by atoms with Gasteiger partial charge in [0.25, 0.3) is 5.91 Å². The highest BCUT2D eigenvalue weighted by molar-refractivity contribution is 5.96. The van der Waals surface area contributed by atoms with Crippen molar-refractivity contribution in [3.8, 4) is 6.07 Å². The number of nitrogen functional groups attached to an aromatic ring is 1. The van der Waals surface area contributed by atoms with Crippen LogP contribution in [0, 0.1) is 11.3 Å². The van der Waals surface area contributed by atoms with Crippen LogP contribution in [0.15, 0.2) is 18.2 Å². The molecule has 1 unspecified atom stereocenters. The van der Waals surface area contributed by atoms with Crippen LogP contribution in [0.1, 0.15) is 10.4 Å². The van der Waals surface area contributed by atoms with E-state index in [0.717, 1.165) is 5.69 Å². The smallest absolute Gasteiger partial charge is 0.251 e. The number of nitriles is 1. The van der Waals surface area contributed by atoms with Gasteiger partial charge >= 0.3 is 0 Å². The minimum Gasteiger partial charge on any atom is -0.397 e. The largest absolute Gasteiger partial charge is 0.397 e. The number of nitrogens with two attached hydrogens (primary N) is 1. The van der Waals surface area contributed by atoms with Crippen LogP contribution in [-0.4, -0.2) is 38.8 Å². The summed E-state index contributed by atoms with van der Waals surface area (Å²) in [6.07, 6.45) is -0.438. The Morgan fingerprint density at radius 3 is 3.05 bits per heavy atom. The van der Waals surface area contributed by atoms with E-state index < -0.39 is 6.10 Å². The van der Waals surface area contributed by atoms with Gasteiger partial charge in [0.1, 0.15) is 0 Å². The van der Waals surface area contributed by atoms with E-state index in [1.54, 1.807) is 25.2 Å². The molecule has 2 rings (SSSR count). The highest BCUT2D eigenvalue weighted by atomic mass is 16.5. The number of carbonyl (C=O) groups is 1. The molecule has 3 N–H and O–H groups in total. The molecule has 1 aromatic rings. The molecule has 0 radical (unpaired) electrons. The van der Waals surface area contributed by atoms with Crippen molar-refractivity contribution in [3.05, 3.63) is 23.8 Å². The molecule has 6 heteroatoms. The molecule has 0 saturated carbocycles. The average molecular weight is 260 g/mol. The first-order valence-electron chi connectivity index (χ1n) is 6.03. The van der Waals surface area contributed by atoms with Gasteiger partial charge in [-0.15, -0.1) is 0 Å². The van der Waals surface area contributed by atoms with Gasteiger partial charge in [0.05, 0.1) is 30.6 Å². The zero-order chi connectivity index (χ0) is 13.8. The van der Waals surface area contributed by atoms with Gasteiger partial charge in [-0.2, -0.15) is 5.26 Å². The van der Waals surface area contributed by atoms with E-state index in [9.17, 15) is 4.79 Å². The third-order valence-corrected chi connectivity index (χ3v) is 3.07.